The first kappa shape index (κ1) is 15.1. The van der Waals surface area contributed by atoms with Gasteiger partial charge in [0.15, 0.2) is 0 Å². The van der Waals surface area contributed by atoms with Crippen molar-refractivity contribution in [2.45, 2.75) is 6.54 Å². The van der Waals surface area contributed by atoms with Gasteiger partial charge >= 0.3 is 6.03 Å². The Morgan fingerprint density at radius 3 is 2.76 bits per heavy atom. The Balaban J connectivity index is 1.96. The van der Waals surface area contributed by atoms with Crippen LogP contribution in [-0.2, 0) is 6.54 Å². The van der Waals surface area contributed by atoms with Crippen LogP contribution in [0.15, 0.2) is 42.5 Å². The summed E-state index contributed by atoms with van der Waals surface area (Å²) in [5.74, 6) is 0.117. The van der Waals surface area contributed by atoms with Crippen LogP contribution < -0.4 is 15.4 Å². The summed E-state index contributed by atoms with van der Waals surface area (Å²) in [4.78, 5) is 11.8. The Morgan fingerprint density at radius 2 is 2.05 bits per heavy atom. The number of hydrogen-bond donors (Lipinski definition) is 2. The van der Waals surface area contributed by atoms with Gasteiger partial charge in [0.1, 0.15) is 11.6 Å². The van der Waals surface area contributed by atoms with E-state index in [4.69, 9.17) is 16.3 Å². The summed E-state index contributed by atoms with van der Waals surface area (Å²) in [7, 11) is 1.57. The number of hydrogen-bond acceptors (Lipinski definition) is 2. The van der Waals surface area contributed by atoms with E-state index in [2.05, 4.69) is 10.6 Å². The van der Waals surface area contributed by atoms with Crippen LogP contribution in [0, 0.1) is 5.82 Å². The van der Waals surface area contributed by atoms with E-state index >= 15 is 0 Å². The molecule has 6 heteroatoms. The molecule has 0 saturated heterocycles. The van der Waals surface area contributed by atoms with Gasteiger partial charge in [0.2, 0.25) is 0 Å². The molecule has 0 heterocycles. The number of halogens is 2. The maximum Gasteiger partial charge on any atom is 0.319 e. The summed E-state index contributed by atoms with van der Waals surface area (Å²) in [6.07, 6.45) is 0. The normalized spacial score (nSPS) is 10.0. The molecule has 2 N–H and O–H groups in total. The molecule has 0 aliphatic heterocycles. The minimum atomic E-state index is -0.584. The number of carbonyl (C=O) groups excluding carboxylic acids is 1. The molecular weight excluding hydrogens is 295 g/mol. The molecule has 2 amide bonds. The molecule has 21 heavy (non-hydrogen) atoms. The van der Waals surface area contributed by atoms with Crippen molar-refractivity contribution < 1.29 is 13.9 Å². The standard InChI is InChI=1S/C15H14ClFN2O2/c1-21-11-5-2-4-10(8-11)9-18-15(20)19-14-12(16)6-3-7-13(14)17/h2-8H,9H2,1H3,(H2,18,19,20). The third kappa shape index (κ3) is 4.10. The van der Waals surface area contributed by atoms with Gasteiger partial charge in [0.25, 0.3) is 0 Å². The Morgan fingerprint density at radius 1 is 1.29 bits per heavy atom. The maximum absolute atomic E-state index is 13.5. The van der Waals surface area contributed by atoms with Crippen molar-refractivity contribution in [3.8, 4) is 5.75 Å². The number of rotatable bonds is 4. The van der Waals surface area contributed by atoms with Gasteiger partial charge in [0.05, 0.1) is 17.8 Å². The van der Waals surface area contributed by atoms with Gasteiger partial charge in [-0.1, -0.05) is 29.8 Å². The number of benzene rings is 2. The highest BCUT2D eigenvalue weighted by atomic mass is 35.5. The van der Waals surface area contributed by atoms with Crippen molar-refractivity contribution >= 4 is 23.3 Å². The van der Waals surface area contributed by atoms with Crippen LogP contribution in [0.5, 0.6) is 5.75 Å². The summed E-state index contributed by atoms with van der Waals surface area (Å²) in [5, 5.41) is 5.16. The maximum atomic E-state index is 13.5. The SMILES string of the molecule is COc1cccc(CNC(=O)Nc2c(F)cccc2Cl)c1. The first-order chi connectivity index (χ1) is 10.1. The molecule has 0 spiro atoms. The lowest BCUT2D eigenvalue weighted by Crippen LogP contribution is -2.28. The van der Waals surface area contributed by atoms with Crippen LogP contribution in [0.25, 0.3) is 0 Å². The van der Waals surface area contributed by atoms with Gasteiger partial charge in [-0.2, -0.15) is 0 Å². The van der Waals surface area contributed by atoms with E-state index in [9.17, 15) is 9.18 Å². The molecule has 0 unspecified atom stereocenters. The molecule has 0 aromatic heterocycles. The second-order valence-electron chi connectivity index (χ2n) is 4.26. The number of para-hydroxylation sites is 1. The summed E-state index contributed by atoms with van der Waals surface area (Å²) >= 11 is 5.83. The summed E-state index contributed by atoms with van der Waals surface area (Å²) in [6, 6.07) is 10.9. The van der Waals surface area contributed by atoms with Gasteiger partial charge in [-0.05, 0) is 29.8 Å². The van der Waals surface area contributed by atoms with Gasteiger partial charge < -0.3 is 15.4 Å². The molecule has 2 rings (SSSR count). The van der Waals surface area contributed by atoms with Crippen molar-refractivity contribution in [1.82, 2.24) is 5.32 Å². The Hall–Kier alpha value is -2.27. The van der Waals surface area contributed by atoms with E-state index in [1.807, 2.05) is 18.2 Å². The number of anilines is 1. The second kappa shape index (κ2) is 6.95. The van der Waals surface area contributed by atoms with E-state index in [0.29, 0.717) is 5.75 Å². The van der Waals surface area contributed by atoms with Crippen LogP contribution in [0.4, 0.5) is 14.9 Å². The zero-order chi connectivity index (χ0) is 15.2. The predicted molar refractivity (Wildman–Crippen MR) is 80.3 cm³/mol. The Kier molecular flexibility index (Phi) is 5.00. The van der Waals surface area contributed by atoms with Gasteiger partial charge in [0, 0.05) is 6.54 Å². The molecule has 0 radical (unpaired) electrons. The number of ether oxygens (including phenoxy) is 1. The summed E-state index contributed by atoms with van der Waals surface area (Å²) < 4.78 is 18.6. The molecule has 0 aliphatic rings. The van der Waals surface area contributed by atoms with Crippen molar-refractivity contribution in [2.24, 2.45) is 0 Å². The zero-order valence-corrected chi connectivity index (χ0v) is 12.1. The molecule has 0 atom stereocenters. The van der Waals surface area contributed by atoms with E-state index in [1.165, 1.54) is 18.2 Å². The first-order valence-electron chi connectivity index (χ1n) is 6.22. The van der Waals surface area contributed by atoms with Crippen molar-refractivity contribution in [3.63, 3.8) is 0 Å². The molecule has 0 bridgehead atoms. The number of carbonyl (C=O) groups is 1. The largest absolute Gasteiger partial charge is 0.497 e. The lowest BCUT2D eigenvalue weighted by atomic mass is 10.2. The fraction of sp³-hybridized carbons (Fsp3) is 0.133. The quantitative estimate of drug-likeness (QED) is 0.902. The third-order valence-electron chi connectivity index (χ3n) is 2.79. The van der Waals surface area contributed by atoms with Crippen molar-refractivity contribution in [1.29, 1.82) is 0 Å². The first-order valence-corrected chi connectivity index (χ1v) is 6.59. The molecule has 2 aromatic carbocycles. The van der Waals surface area contributed by atoms with Crippen LogP contribution in [-0.4, -0.2) is 13.1 Å². The van der Waals surface area contributed by atoms with E-state index < -0.39 is 11.8 Å². The lowest BCUT2D eigenvalue weighted by Gasteiger charge is -2.10. The molecule has 0 saturated carbocycles. The molecule has 2 aromatic rings. The summed E-state index contributed by atoms with van der Waals surface area (Å²) in [5.41, 5.74) is 0.825. The van der Waals surface area contributed by atoms with Crippen molar-refractivity contribution in [3.05, 3.63) is 58.9 Å². The Labute approximate surface area is 126 Å². The van der Waals surface area contributed by atoms with E-state index in [0.717, 1.165) is 5.56 Å². The lowest BCUT2D eigenvalue weighted by molar-refractivity contribution is 0.251. The van der Waals surface area contributed by atoms with Crippen LogP contribution in [0.3, 0.4) is 0 Å². The van der Waals surface area contributed by atoms with Crippen LogP contribution in [0.1, 0.15) is 5.56 Å². The topological polar surface area (TPSA) is 50.4 Å². The smallest absolute Gasteiger partial charge is 0.319 e. The molecular formula is C15H14ClFN2O2. The fourth-order valence-corrected chi connectivity index (χ4v) is 1.95. The monoisotopic (exact) mass is 308 g/mol. The second-order valence-corrected chi connectivity index (χ2v) is 4.66. The number of amides is 2. The zero-order valence-electron chi connectivity index (χ0n) is 11.3. The number of nitrogens with one attached hydrogen (secondary N) is 2. The Bertz CT molecular complexity index is 629. The summed E-state index contributed by atoms with van der Waals surface area (Å²) in [6.45, 7) is 0.287. The van der Waals surface area contributed by atoms with Gasteiger partial charge in [-0.3, -0.25) is 0 Å². The fourth-order valence-electron chi connectivity index (χ4n) is 1.74. The third-order valence-corrected chi connectivity index (χ3v) is 3.10. The van der Waals surface area contributed by atoms with Crippen molar-refractivity contribution in [2.75, 3.05) is 12.4 Å². The minimum Gasteiger partial charge on any atom is -0.497 e. The highest BCUT2D eigenvalue weighted by Crippen LogP contribution is 2.24. The highest BCUT2D eigenvalue weighted by molar-refractivity contribution is 6.33. The number of urea groups is 1. The van der Waals surface area contributed by atoms with Gasteiger partial charge in [-0.25, -0.2) is 9.18 Å². The molecule has 0 fully saturated rings. The predicted octanol–water partition coefficient (Wildman–Crippen LogP) is 3.81. The minimum absolute atomic E-state index is 0.0395. The van der Waals surface area contributed by atoms with Gasteiger partial charge in [-0.15, -0.1) is 0 Å². The number of methoxy groups -OCH3 is 1. The molecule has 4 nitrogen and oxygen atoms in total. The molecule has 0 aliphatic carbocycles. The van der Waals surface area contributed by atoms with Crippen LogP contribution >= 0.6 is 11.6 Å². The van der Waals surface area contributed by atoms with Crippen LogP contribution in [0.2, 0.25) is 5.02 Å². The average Bonchev–Trinajstić information content (AvgIpc) is 2.49. The van der Waals surface area contributed by atoms with E-state index in [1.54, 1.807) is 13.2 Å². The average molecular weight is 309 g/mol. The molecule has 110 valence electrons. The highest BCUT2D eigenvalue weighted by Gasteiger charge is 2.10. The van der Waals surface area contributed by atoms with E-state index in [-0.39, 0.29) is 17.3 Å².